The number of hydrogen-bond acceptors (Lipinski definition) is 9. The van der Waals surface area contributed by atoms with Crippen LogP contribution in [0, 0.1) is 11.3 Å². The number of aromatic nitrogens is 2. The standard InChI is InChI=1S/C30H34ClN5O5S/c1-18-25-23(16-24(40-18)21-10-6-8-19-9-7-11-22(31)26(19)21)33-28(42(5,38)39)34-27(25)35-14-15-36(20(17-35)12-13-32)29(37)41-30(2,3)4/h6-11,18,20,24H,12,14-17H2,1-5H3/t18?,20-,24?/m0/s1. The van der Waals surface area contributed by atoms with Gasteiger partial charge < -0.3 is 19.3 Å². The predicted octanol–water partition coefficient (Wildman–Crippen LogP) is 5.40. The highest BCUT2D eigenvalue weighted by molar-refractivity contribution is 7.90. The fourth-order valence-electron chi connectivity index (χ4n) is 5.66. The number of amides is 1. The normalized spacial score (nSPS) is 21.1. The third-order valence-corrected chi connectivity index (χ3v) is 8.60. The van der Waals surface area contributed by atoms with Crippen LogP contribution in [0.2, 0.25) is 5.02 Å². The van der Waals surface area contributed by atoms with E-state index in [0.717, 1.165) is 22.6 Å². The average Bonchev–Trinajstić information content (AvgIpc) is 2.91. The number of nitrogens with zero attached hydrogens (tertiary/aromatic N) is 5. The zero-order valence-electron chi connectivity index (χ0n) is 24.3. The van der Waals surface area contributed by atoms with Gasteiger partial charge in [0.05, 0.1) is 36.4 Å². The zero-order valence-corrected chi connectivity index (χ0v) is 25.9. The summed E-state index contributed by atoms with van der Waals surface area (Å²) < 4.78 is 37.6. The summed E-state index contributed by atoms with van der Waals surface area (Å²) in [6.07, 6.45) is 0.110. The third kappa shape index (κ3) is 6.02. The number of rotatable bonds is 4. The molecule has 2 aliphatic heterocycles. The molecular weight excluding hydrogens is 578 g/mol. The van der Waals surface area contributed by atoms with Gasteiger partial charge in [-0.15, -0.1) is 0 Å². The maximum absolute atomic E-state index is 12.9. The summed E-state index contributed by atoms with van der Waals surface area (Å²) in [5.74, 6) is 0.439. The van der Waals surface area contributed by atoms with Gasteiger partial charge in [-0.25, -0.2) is 23.2 Å². The zero-order chi connectivity index (χ0) is 30.4. The molecular formula is C30H34ClN5O5S. The maximum Gasteiger partial charge on any atom is 0.410 e. The Bertz CT molecular complexity index is 1680. The molecule has 0 spiro atoms. The summed E-state index contributed by atoms with van der Waals surface area (Å²) in [6, 6.07) is 13.3. The van der Waals surface area contributed by atoms with Crippen molar-refractivity contribution in [3.05, 3.63) is 58.2 Å². The number of hydrogen-bond donors (Lipinski definition) is 0. The molecule has 1 saturated heterocycles. The summed E-state index contributed by atoms with van der Waals surface area (Å²) in [4.78, 5) is 25.5. The van der Waals surface area contributed by atoms with Crippen LogP contribution in [-0.4, -0.2) is 66.9 Å². The Balaban J connectivity index is 1.54. The van der Waals surface area contributed by atoms with E-state index in [0.29, 0.717) is 35.1 Å². The van der Waals surface area contributed by atoms with Gasteiger partial charge in [0.1, 0.15) is 11.4 Å². The van der Waals surface area contributed by atoms with E-state index in [1.54, 1.807) is 25.7 Å². The molecule has 12 heteroatoms. The molecule has 3 atom stereocenters. The summed E-state index contributed by atoms with van der Waals surface area (Å²) in [6.45, 7) is 8.19. The largest absolute Gasteiger partial charge is 0.444 e. The van der Waals surface area contributed by atoms with Crippen LogP contribution >= 0.6 is 11.6 Å². The van der Waals surface area contributed by atoms with Gasteiger partial charge in [-0.3, -0.25) is 0 Å². The van der Waals surface area contributed by atoms with Crippen molar-refractivity contribution < 1.29 is 22.7 Å². The van der Waals surface area contributed by atoms with Gasteiger partial charge in [0.25, 0.3) is 0 Å². The Morgan fingerprint density at radius 1 is 1.19 bits per heavy atom. The number of halogens is 1. The molecule has 0 saturated carbocycles. The van der Waals surface area contributed by atoms with Crippen LogP contribution in [0.4, 0.5) is 10.6 Å². The van der Waals surface area contributed by atoms with Crippen LogP contribution in [0.25, 0.3) is 10.8 Å². The second kappa shape index (κ2) is 11.3. The lowest BCUT2D eigenvalue weighted by molar-refractivity contribution is -0.0181. The molecule has 0 bridgehead atoms. The molecule has 0 aliphatic carbocycles. The average molecular weight is 612 g/mol. The van der Waals surface area contributed by atoms with Crippen molar-refractivity contribution in [1.29, 1.82) is 5.26 Å². The first-order valence-electron chi connectivity index (χ1n) is 13.8. The minimum atomic E-state index is -3.75. The van der Waals surface area contributed by atoms with Gasteiger partial charge in [0, 0.05) is 48.3 Å². The van der Waals surface area contributed by atoms with E-state index in [9.17, 15) is 18.5 Å². The number of ether oxygens (including phenoxy) is 2. The first-order valence-corrected chi connectivity index (χ1v) is 16.1. The molecule has 10 nitrogen and oxygen atoms in total. The predicted molar refractivity (Wildman–Crippen MR) is 159 cm³/mol. The monoisotopic (exact) mass is 611 g/mol. The van der Waals surface area contributed by atoms with Crippen LogP contribution in [0.3, 0.4) is 0 Å². The molecule has 5 rings (SSSR count). The fourth-order valence-corrected chi connectivity index (χ4v) is 6.48. The van der Waals surface area contributed by atoms with Gasteiger partial charge in [-0.2, -0.15) is 5.26 Å². The Kier molecular flexibility index (Phi) is 8.09. The van der Waals surface area contributed by atoms with E-state index in [2.05, 4.69) is 16.0 Å². The van der Waals surface area contributed by atoms with Gasteiger partial charge in [-0.1, -0.05) is 41.9 Å². The van der Waals surface area contributed by atoms with Crippen molar-refractivity contribution >= 4 is 44.1 Å². The smallest absolute Gasteiger partial charge is 0.410 e. The Hall–Kier alpha value is -3.46. The van der Waals surface area contributed by atoms with E-state index in [-0.39, 0.29) is 24.7 Å². The quantitative estimate of drug-likeness (QED) is 0.356. The van der Waals surface area contributed by atoms with E-state index >= 15 is 0 Å². The van der Waals surface area contributed by atoms with Gasteiger partial charge in [0.2, 0.25) is 15.0 Å². The number of carbonyl (C=O) groups is 1. The fraction of sp³-hybridized carbons (Fsp3) is 0.467. The molecule has 2 aromatic carbocycles. The minimum Gasteiger partial charge on any atom is -0.444 e. The van der Waals surface area contributed by atoms with Crippen molar-refractivity contribution in [1.82, 2.24) is 14.9 Å². The summed E-state index contributed by atoms with van der Waals surface area (Å²) in [5, 5.41) is 11.7. The van der Waals surface area contributed by atoms with E-state index < -0.39 is 39.8 Å². The van der Waals surface area contributed by atoms with Crippen molar-refractivity contribution in [3.8, 4) is 6.07 Å². The van der Waals surface area contributed by atoms with Crippen LogP contribution < -0.4 is 4.90 Å². The van der Waals surface area contributed by atoms with Crippen molar-refractivity contribution in [2.24, 2.45) is 0 Å². The molecule has 2 aliphatic rings. The van der Waals surface area contributed by atoms with Crippen LogP contribution in [-0.2, 0) is 25.7 Å². The molecule has 0 N–H and O–H groups in total. The summed E-state index contributed by atoms with van der Waals surface area (Å²) >= 11 is 6.61. The second-order valence-corrected chi connectivity index (χ2v) is 14.1. The van der Waals surface area contributed by atoms with Gasteiger partial charge >= 0.3 is 6.09 Å². The van der Waals surface area contributed by atoms with Crippen LogP contribution in [0.15, 0.2) is 41.6 Å². The molecule has 2 unspecified atom stereocenters. The van der Waals surface area contributed by atoms with Crippen molar-refractivity contribution in [2.75, 3.05) is 30.8 Å². The maximum atomic E-state index is 12.9. The Labute approximate surface area is 251 Å². The summed E-state index contributed by atoms with van der Waals surface area (Å²) in [7, 11) is -3.75. The Morgan fingerprint density at radius 2 is 1.90 bits per heavy atom. The molecule has 1 aromatic heterocycles. The van der Waals surface area contributed by atoms with Crippen LogP contribution in [0.5, 0.6) is 0 Å². The van der Waals surface area contributed by atoms with Gasteiger partial charge in [-0.05, 0) is 44.7 Å². The van der Waals surface area contributed by atoms with Crippen molar-refractivity contribution in [2.45, 2.75) is 69.5 Å². The molecule has 1 amide bonds. The van der Waals surface area contributed by atoms with Crippen molar-refractivity contribution in [3.63, 3.8) is 0 Å². The molecule has 0 radical (unpaired) electrons. The number of piperazine rings is 1. The van der Waals surface area contributed by atoms with Crippen LogP contribution in [0.1, 0.15) is 63.1 Å². The molecule has 42 heavy (non-hydrogen) atoms. The second-order valence-electron chi connectivity index (χ2n) is 11.8. The molecule has 222 valence electrons. The lowest BCUT2D eigenvalue weighted by Gasteiger charge is -2.43. The third-order valence-electron chi connectivity index (χ3n) is 7.44. The number of anilines is 1. The lowest BCUT2D eigenvalue weighted by Crippen LogP contribution is -2.56. The van der Waals surface area contributed by atoms with E-state index in [1.807, 2.05) is 48.2 Å². The topological polar surface area (TPSA) is 126 Å². The number of nitriles is 1. The molecule has 1 fully saturated rings. The highest BCUT2D eigenvalue weighted by Gasteiger charge is 2.38. The number of sulfone groups is 1. The molecule has 3 aromatic rings. The highest BCUT2D eigenvalue weighted by Crippen LogP contribution is 2.43. The van der Waals surface area contributed by atoms with E-state index in [4.69, 9.17) is 21.1 Å². The first kappa shape index (κ1) is 30.0. The Morgan fingerprint density at radius 3 is 2.57 bits per heavy atom. The molecule has 3 heterocycles. The lowest BCUT2D eigenvalue weighted by atomic mass is 9.92. The summed E-state index contributed by atoms with van der Waals surface area (Å²) in [5.41, 5.74) is 1.50. The highest BCUT2D eigenvalue weighted by atomic mass is 35.5. The SMILES string of the molecule is CC1OC(c2cccc3cccc(Cl)c23)Cc2nc(S(C)(=O)=O)nc(N3CCN(C(=O)OC(C)(C)C)[C@@H](CC#N)C3)c21. The van der Waals surface area contributed by atoms with Gasteiger partial charge in [0.15, 0.2) is 0 Å². The number of carbonyl (C=O) groups excluding carboxylic acids is 1. The number of fused-ring (bicyclic) bond motifs is 2. The number of benzene rings is 2. The minimum absolute atomic E-state index is 0.0813. The van der Waals surface area contributed by atoms with E-state index in [1.165, 1.54) is 0 Å². The first-order chi connectivity index (χ1) is 19.8.